The van der Waals surface area contributed by atoms with Crippen molar-refractivity contribution >= 4 is 47.6 Å². The fourth-order valence-electron chi connectivity index (χ4n) is 7.76. The van der Waals surface area contributed by atoms with E-state index in [2.05, 4.69) is 96.6 Å². The number of nitrogens with one attached hydrogen (secondary N) is 2. The number of fused-ring (bicyclic) bond motifs is 3. The second-order valence-corrected chi connectivity index (χ2v) is 17.6. The molecule has 0 fully saturated rings. The predicted molar refractivity (Wildman–Crippen MR) is 268 cm³/mol. The van der Waals surface area contributed by atoms with E-state index < -0.39 is 41.7 Å². The third kappa shape index (κ3) is 13.4. The van der Waals surface area contributed by atoms with Gasteiger partial charge in [-0.15, -0.1) is 23.5 Å². The summed E-state index contributed by atoms with van der Waals surface area (Å²) in [5.74, 6) is 0.909. The van der Waals surface area contributed by atoms with Crippen LogP contribution in [0.15, 0.2) is 193 Å². The minimum Gasteiger partial charge on any atom is -0.490 e. The highest BCUT2D eigenvalue weighted by atomic mass is 32.2. The minimum absolute atomic E-state index is 0.0200. The van der Waals surface area contributed by atoms with E-state index in [0.717, 1.165) is 55.3 Å². The third-order valence-electron chi connectivity index (χ3n) is 10.9. The fourth-order valence-corrected chi connectivity index (χ4v) is 9.55. The molecule has 14 heteroatoms. The van der Waals surface area contributed by atoms with E-state index in [-0.39, 0.29) is 39.5 Å². The molecule has 2 atom stereocenters. The first-order valence-electron chi connectivity index (χ1n) is 22.3. The van der Waals surface area contributed by atoms with Crippen molar-refractivity contribution in [2.24, 2.45) is 0 Å². The van der Waals surface area contributed by atoms with Gasteiger partial charge in [-0.25, -0.2) is 19.2 Å². The molecule has 6 aromatic rings. The summed E-state index contributed by atoms with van der Waals surface area (Å²) in [5.41, 5.74) is 5.84. The van der Waals surface area contributed by atoms with Gasteiger partial charge in [0.25, 0.3) is 0 Å². The average Bonchev–Trinajstić information content (AvgIpc) is 3.69. The SMILES string of the molecule is C=CC(=O)OCCNC(=O)OC(COc1ccc(C2(c3ccc(OCC(CSc4ccccc4)OC(=O)NCCOC(=O)C=C)cc3)c3ccccc3-c3ccccc32)cc1)CSc1ccccc1. The van der Waals surface area contributed by atoms with Crippen LogP contribution in [0.5, 0.6) is 11.5 Å². The van der Waals surface area contributed by atoms with Gasteiger partial charge in [0.2, 0.25) is 0 Å². The van der Waals surface area contributed by atoms with Gasteiger partial charge in [-0.3, -0.25) is 0 Å². The number of thioether (sulfide) groups is 2. The number of carbonyl (C=O) groups excluding carboxylic acids is 4. The van der Waals surface area contributed by atoms with Crippen LogP contribution in [0.4, 0.5) is 9.59 Å². The van der Waals surface area contributed by atoms with Crippen molar-refractivity contribution in [2.75, 3.05) is 51.0 Å². The summed E-state index contributed by atoms with van der Waals surface area (Å²) in [6, 6.07) is 52.6. The van der Waals surface area contributed by atoms with Gasteiger partial charge >= 0.3 is 24.1 Å². The minimum atomic E-state index is -0.712. The van der Waals surface area contributed by atoms with Gasteiger partial charge < -0.3 is 39.1 Å². The van der Waals surface area contributed by atoms with E-state index in [1.54, 1.807) is 23.5 Å². The standard InChI is InChI=1S/C55H52N2O10S2/c1-3-51(58)62-33-31-56-53(60)66-43(37-68-45-15-7-5-8-16-45)35-64-41-27-23-39(24-28-41)55(49-21-13-11-19-47(49)48-20-12-14-22-50(48)55)40-25-29-42(30-26-40)65-36-44(38-69-46-17-9-6-10-18-46)67-54(61)57-32-34-63-52(59)4-2/h3-30,43-44H,1-2,31-38H2,(H,56,60)(H,57,61). The van der Waals surface area contributed by atoms with E-state index in [0.29, 0.717) is 23.0 Å². The van der Waals surface area contributed by atoms with E-state index >= 15 is 0 Å². The van der Waals surface area contributed by atoms with Crippen molar-refractivity contribution in [1.82, 2.24) is 10.6 Å². The maximum atomic E-state index is 12.8. The van der Waals surface area contributed by atoms with Crippen LogP contribution in [-0.4, -0.2) is 87.4 Å². The molecular formula is C55H52N2O10S2. The van der Waals surface area contributed by atoms with Crippen LogP contribution >= 0.6 is 23.5 Å². The molecule has 0 saturated carbocycles. The fraction of sp³-hybridized carbons (Fsp3) is 0.200. The number of amides is 2. The molecule has 0 aliphatic heterocycles. The Hall–Kier alpha value is -7.42. The first-order valence-corrected chi connectivity index (χ1v) is 24.2. The molecule has 0 spiro atoms. The molecule has 1 aliphatic rings. The van der Waals surface area contributed by atoms with Crippen molar-refractivity contribution in [2.45, 2.75) is 27.4 Å². The smallest absolute Gasteiger partial charge is 0.407 e. The van der Waals surface area contributed by atoms with Crippen LogP contribution in [0.25, 0.3) is 11.1 Å². The molecule has 12 nitrogen and oxygen atoms in total. The van der Waals surface area contributed by atoms with Gasteiger partial charge in [0.05, 0.1) is 18.5 Å². The summed E-state index contributed by atoms with van der Waals surface area (Å²) in [7, 11) is 0. The van der Waals surface area contributed by atoms with Crippen molar-refractivity contribution in [3.8, 4) is 22.6 Å². The number of hydrogen-bond acceptors (Lipinski definition) is 12. The zero-order valence-electron chi connectivity index (χ0n) is 37.8. The summed E-state index contributed by atoms with van der Waals surface area (Å²) in [6.45, 7) is 7.04. The quantitative estimate of drug-likeness (QED) is 0.0195. The Morgan fingerprint density at radius 1 is 0.507 bits per heavy atom. The van der Waals surface area contributed by atoms with E-state index in [4.69, 9.17) is 28.4 Å². The number of esters is 2. The van der Waals surface area contributed by atoms with Crippen LogP contribution < -0.4 is 20.1 Å². The van der Waals surface area contributed by atoms with Gasteiger partial charge in [0, 0.05) is 33.4 Å². The molecule has 2 N–H and O–H groups in total. The number of alkyl carbamates (subject to hydrolysis) is 2. The molecule has 1 aliphatic carbocycles. The van der Waals surface area contributed by atoms with Crippen LogP contribution in [-0.2, 0) is 34.0 Å². The Kier molecular flexibility index (Phi) is 18.0. The Balaban J connectivity index is 1.08. The van der Waals surface area contributed by atoms with Gasteiger partial charge in [0.15, 0.2) is 0 Å². The molecule has 0 saturated heterocycles. The summed E-state index contributed by atoms with van der Waals surface area (Å²) >= 11 is 3.09. The molecule has 0 aromatic heterocycles. The first-order chi connectivity index (χ1) is 33.8. The molecule has 2 unspecified atom stereocenters. The van der Waals surface area contributed by atoms with Gasteiger partial charge in [-0.2, -0.15) is 0 Å². The molecule has 0 heterocycles. The molecule has 0 bridgehead atoms. The normalized spacial score (nSPS) is 12.7. The van der Waals surface area contributed by atoms with Crippen molar-refractivity contribution in [3.63, 3.8) is 0 Å². The van der Waals surface area contributed by atoms with Crippen molar-refractivity contribution in [1.29, 1.82) is 0 Å². The lowest BCUT2D eigenvalue weighted by molar-refractivity contribution is -0.138. The van der Waals surface area contributed by atoms with Crippen molar-refractivity contribution < 1.29 is 47.6 Å². The van der Waals surface area contributed by atoms with Crippen molar-refractivity contribution in [3.05, 3.63) is 205 Å². The maximum absolute atomic E-state index is 12.8. The Morgan fingerprint density at radius 2 is 0.884 bits per heavy atom. The summed E-state index contributed by atoms with van der Waals surface area (Å²) in [5, 5.41) is 5.26. The second-order valence-electron chi connectivity index (χ2n) is 15.4. The average molecular weight is 965 g/mol. The van der Waals surface area contributed by atoms with Crippen LogP contribution in [0.3, 0.4) is 0 Å². The number of ether oxygens (including phenoxy) is 6. The first kappa shape index (κ1) is 49.5. The molecule has 0 radical (unpaired) electrons. The maximum Gasteiger partial charge on any atom is 0.407 e. The van der Waals surface area contributed by atoms with Crippen LogP contribution in [0, 0.1) is 0 Å². The lowest BCUT2D eigenvalue weighted by Gasteiger charge is -2.34. The largest absolute Gasteiger partial charge is 0.490 e. The van der Waals surface area contributed by atoms with E-state index in [1.807, 2.05) is 84.9 Å². The topological polar surface area (TPSA) is 148 Å². The third-order valence-corrected chi connectivity index (χ3v) is 13.2. The summed E-state index contributed by atoms with van der Waals surface area (Å²) in [4.78, 5) is 50.5. The highest BCUT2D eigenvalue weighted by Gasteiger charge is 2.46. The summed E-state index contributed by atoms with van der Waals surface area (Å²) in [6.07, 6.45) is -0.421. The predicted octanol–water partition coefficient (Wildman–Crippen LogP) is 10.0. The number of hydrogen-bond donors (Lipinski definition) is 2. The molecule has 354 valence electrons. The zero-order valence-corrected chi connectivity index (χ0v) is 39.4. The molecule has 6 aromatic carbocycles. The van der Waals surface area contributed by atoms with E-state index in [1.165, 1.54) is 0 Å². The van der Waals surface area contributed by atoms with Crippen LogP contribution in [0.1, 0.15) is 22.3 Å². The zero-order chi connectivity index (χ0) is 48.3. The highest BCUT2D eigenvalue weighted by molar-refractivity contribution is 7.99. The molecular weight excluding hydrogens is 913 g/mol. The molecule has 7 rings (SSSR count). The lowest BCUT2D eigenvalue weighted by Crippen LogP contribution is -2.35. The molecule has 69 heavy (non-hydrogen) atoms. The summed E-state index contributed by atoms with van der Waals surface area (Å²) < 4.78 is 34.1. The van der Waals surface area contributed by atoms with Gasteiger partial charge in [-0.1, -0.05) is 122 Å². The molecule has 2 amide bonds. The number of rotatable bonds is 24. The van der Waals surface area contributed by atoms with Gasteiger partial charge in [0.1, 0.15) is 50.1 Å². The van der Waals surface area contributed by atoms with Crippen LogP contribution in [0.2, 0.25) is 0 Å². The monoisotopic (exact) mass is 964 g/mol. The highest BCUT2D eigenvalue weighted by Crippen LogP contribution is 2.56. The second kappa shape index (κ2) is 25.1. The lowest BCUT2D eigenvalue weighted by atomic mass is 9.68. The Bertz CT molecular complexity index is 2480. The number of carbonyl (C=O) groups is 4. The Morgan fingerprint density at radius 3 is 1.28 bits per heavy atom. The Labute approximate surface area is 410 Å². The van der Waals surface area contributed by atoms with E-state index in [9.17, 15) is 19.2 Å². The number of benzene rings is 6. The van der Waals surface area contributed by atoms with Gasteiger partial charge in [-0.05, 0) is 81.9 Å².